The quantitative estimate of drug-likeness (QED) is 0.127. The second-order valence-corrected chi connectivity index (χ2v) is 13.2. The van der Waals surface area contributed by atoms with E-state index in [1.54, 1.807) is 0 Å². The Labute approximate surface area is 319 Å². The molecule has 0 fully saturated rings. The minimum absolute atomic E-state index is 0.0209. The summed E-state index contributed by atoms with van der Waals surface area (Å²) in [6.45, 7) is 13.0. The summed E-state index contributed by atoms with van der Waals surface area (Å²) in [7, 11) is 0. The van der Waals surface area contributed by atoms with E-state index in [0.29, 0.717) is 0 Å². The van der Waals surface area contributed by atoms with Crippen LogP contribution in [0.5, 0.6) is 0 Å². The summed E-state index contributed by atoms with van der Waals surface area (Å²) in [5, 5.41) is 4.53. The van der Waals surface area contributed by atoms with Crippen molar-refractivity contribution in [3.63, 3.8) is 0 Å². The Morgan fingerprint density at radius 2 is 1.31 bits per heavy atom. The van der Waals surface area contributed by atoms with Gasteiger partial charge in [-0.25, -0.2) is 0 Å². The van der Waals surface area contributed by atoms with Gasteiger partial charge in [0.05, 0.1) is 6.04 Å². The van der Waals surface area contributed by atoms with Crippen LogP contribution in [0.3, 0.4) is 0 Å². The molecule has 54 heavy (non-hydrogen) atoms. The molecule has 5 aromatic rings. The molecule has 0 aromatic heterocycles. The first-order valence-corrected chi connectivity index (χ1v) is 18.4. The molecule has 0 bridgehead atoms. The zero-order valence-electron chi connectivity index (χ0n) is 30.5. The number of benzene rings is 5. The first kappa shape index (κ1) is 35.5. The molecule has 0 radical (unpaired) electrons. The van der Waals surface area contributed by atoms with Crippen molar-refractivity contribution in [2.45, 2.75) is 12.5 Å². The predicted octanol–water partition coefficient (Wildman–Crippen LogP) is 12.0. The van der Waals surface area contributed by atoms with E-state index in [0.717, 1.165) is 50.8 Å². The maximum Gasteiger partial charge on any atom is 0.0706 e. The molecule has 2 aliphatic carbocycles. The van der Waals surface area contributed by atoms with Crippen molar-refractivity contribution in [1.82, 2.24) is 4.90 Å². The first-order valence-electron chi connectivity index (χ1n) is 18.4. The van der Waals surface area contributed by atoms with Crippen LogP contribution in [0, 0.1) is 0 Å². The van der Waals surface area contributed by atoms with Gasteiger partial charge in [-0.3, -0.25) is 0 Å². The van der Waals surface area contributed by atoms with Gasteiger partial charge in [0, 0.05) is 29.0 Å². The number of hydrogen-bond acceptors (Lipinski definition) is 2. The molecule has 2 aliphatic rings. The minimum Gasteiger partial charge on any atom is -0.338 e. The Balaban J connectivity index is 1.06. The van der Waals surface area contributed by atoms with Gasteiger partial charge < -0.3 is 9.80 Å². The number of allylic oxidation sites excluding steroid dienone is 14. The van der Waals surface area contributed by atoms with Crippen molar-refractivity contribution < 1.29 is 0 Å². The van der Waals surface area contributed by atoms with E-state index in [9.17, 15) is 0 Å². The molecule has 0 N–H and O–H groups in total. The molecule has 0 aliphatic heterocycles. The van der Waals surface area contributed by atoms with Crippen molar-refractivity contribution in [1.29, 1.82) is 0 Å². The average molecular weight is 697 g/mol. The molecule has 5 aromatic carbocycles. The van der Waals surface area contributed by atoms with Gasteiger partial charge in [0.2, 0.25) is 0 Å². The summed E-state index contributed by atoms with van der Waals surface area (Å²) in [5.74, 6) is 0. The Kier molecular flexibility index (Phi) is 11.2. The van der Waals surface area contributed by atoms with Gasteiger partial charge in [0.25, 0.3) is 0 Å². The SMILES string of the molecule is C=C(/C=C\C(=C)N(/C=C/C=c1/ccccc1=C)C1C=CC=CC=C1)C1=CCC=C(c2ccc(N(c3ccccc3)c3ccc4ccccc4c3)cc2)C=C1. The molecule has 0 atom stereocenters. The summed E-state index contributed by atoms with van der Waals surface area (Å²) in [5.41, 5.74) is 8.59. The Hall–Kier alpha value is -6.90. The molecular weight excluding hydrogens is 653 g/mol. The summed E-state index contributed by atoms with van der Waals surface area (Å²) >= 11 is 0. The van der Waals surface area contributed by atoms with Crippen LogP contribution in [0.25, 0.3) is 29.0 Å². The van der Waals surface area contributed by atoms with E-state index >= 15 is 0 Å². The number of hydrogen-bond donors (Lipinski definition) is 0. The maximum absolute atomic E-state index is 4.44. The van der Waals surface area contributed by atoms with Gasteiger partial charge in [-0.2, -0.15) is 0 Å². The van der Waals surface area contributed by atoms with E-state index in [4.69, 9.17) is 0 Å². The third-order valence-corrected chi connectivity index (χ3v) is 9.61. The molecule has 0 heterocycles. The van der Waals surface area contributed by atoms with Gasteiger partial charge in [0.1, 0.15) is 0 Å². The molecule has 0 saturated carbocycles. The lowest BCUT2D eigenvalue weighted by Crippen LogP contribution is -2.26. The summed E-state index contributed by atoms with van der Waals surface area (Å²) < 4.78 is 0. The number of anilines is 3. The van der Waals surface area contributed by atoms with Crippen LogP contribution in [-0.2, 0) is 0 Å². The highest BCUT2D eigenvalue weighted by Crippen LogP contribution is 2.37. The Morgan fingerprint density at radius 3 is 2.09 bits per heavy atom. The highest BCUT2D eigenvalue weighted by atomic mass is 15.1. The van der Waals surface area contributed by atoms with Crippen molar-refractivity contribution in [2.75, 3.05) is 4.90 Å². The van der Waals surface area contributed by atoms with Crippen molar-refractivity contribution in [3.8, 4) is 0 Å². The topological polar surface area (TPSA) is 6.48 Å². The van der Waals surface area contributed by atoms with E-state index in [1.807, 2.05) is 36.4 Å². The monoisotopic (exact) mass is 696 g/mol. The van der Waals surface area contributed by atoms with Crippen LogP contribution in [0.15, 0.2) is 237 Å². The fraction of sp³-hybridized carbons (Fsp3) is 0.0385. The number of rotatable bonds is 11. The molecular formula is C52H44N2. The lowest BCUT2D eigenvalue weighted by Gasteiger charge is -2.26. The highest BCUT2D eigenvalue weighted by molar-refractivity contribution is 5.89. The van der Waals surface area contributed by atoms with Crippen molar-refractivity contribution >= 4 is 46.1 Å². The van der Waals surface area contributed by atoms with Crippen LogP contribution < -0.4 is 15.3 Å². The normalized spacial score (nSPS) is 14.6. The third kappa shape index (κ3) is 8.58. The van der Waals surface area contributed by atoms with Crippen LogP contribution in [0.2, 0.25) is 0 Å². The minimum atomic E-state index is 0.0209. The van der Waals surface area contributed by atoms with Gasteiger partial charge >= 0.3 is 0 Å². The predicted molar refractivity (Wildman–Crippen MR) is 234 cm³/mol. The molecule has 2 nitrogen and oxygen atoms in total. The number of fused-ring (bicyclic) bond motifs is 1. The van der Waals surface area contributed by atoms with Crippen LogP contribution in [0.1, 0.15) is 12.0 Å². The van der Waals surface area contributed by atoms with Gasteiger partial charge in [-0.05, 0) is 98.5 Å². The van der Waals surface area contributed by atoms with E-state index in [-0.39, 0.29) is 6.04 Å². The standard InChI is InChI=1S/C52H44N2/c1-40-17-11-12-18-43(40)23-16-38-53(49-24-7-4-5-8-25-49)42(3)29-28-41(2)44-21-15-22-45(31-30-44)47-32-35-51(36-33-47)54(50-26-9-6-10-27-50)52-37-34-46-19-13-14-20-48(46)39-52/h4-14,16-39,49H,1-3,15H2/b29-28-,38-16+,43-23-. The lowest BCUT2D eigenvalue weighted by molar-refractivity contribution is 0.462. The zero-order valence-corrected chi connectivity index (χ0v) is 30.5. The average Bonchev–Trinajstić information content (AvgIpc) is 3.64. The van der Waals surface area contributed by atoms with E-state index in [2.05, 4.69) is 206 Å². The van der Waals surface area contributed by atoms with Crippen LogP contribution in [0.4, 0.5) is 17.1 Å². The van der Waals surface area contributed by atoms with Crippen molar-refractivity contribution in [3.05, 3.63) is 253 Å². The molecule has 0 spiro atoms. The summed E-state index contributed by atoms with van der Waals surface area (Å²) in [6.07, 6.45) is 32.5. The van der Waals surface area contributed by atoms with Crippen molar-refractivity contribution in [2.24, 2.45) is 0 Å². The molecule has 2 heteroatoms. The first-order chi connectivity index (χ1) is 26.5. The summed E-state index contributed by atoms with van der Waals surface area (Å²) in [6, 6.07) is 42.7. The summed E-state index contributed by atoms with van der Waals surface area (Å²) in [4.78, 5) is 4.47. The molecule has 262 valence electrons. The lowest BCUT2D eigenvalue weighted by atomic mass is 10.0. The second kappa shape index (κ2) is 17.1. The molecule has 0 saturated heterocycles. The number of para-hydroxylation sites is 1. The van der Waals surface area contributed by atoms with Crippen LogP contribution in [-0.4, -0.2) is 10.9 Å². The molecule has 7 rings (SSSR count). The van der Waals surface area contributed by atoms with Crippen LogP contribution >= 0.6 is 0 Å². The Bertz CT molecular complexity index is 2500. The molecule has 0 unspecified atom stereocenters. The highest BCUT2D eigenvalue weighted by Gasteiger charge is 2.14. The fourth-order valence-electron chi connectivity index (χ4n) is 6.66. The number of nitrogens with zero attached hydrogens (tertiary/aromatic N) is 2. The largest absolute Gasteiger partial charge is 0.338 e. The fourth-order valence-corrected chi connectivity index (χ4v) is 6.66. The van der Waals surface area contributed by atoms with Gasteiger partial charge in [-0.15, -0.1) is 0 Å². The smallest absolute Gasteiger partial charge is 0.0706 e. The Morgan fingerprint density at radius 1 is 0.630 bits per heavy atom. The van der Waals surface area contributed by atoms with E-state index in [1.165, 1.54) is 21.9 Å². The molecule has 0 amide bonds. The van der Waals surface area contributed by atoms with E-state index < -0.39 is 0 Å². The maximum atomic E-state index is 4.44. The van der Waals surface area contributed by atoms with Gasteiger partial charge in [0.15, 0.2) is 0 Å². The second-order valence-electron chi connectivity index (χ2n) is 13.2. The zero-order chi connectivity index (χ0) is 37.1. The third-order valence-electron chi connectivity index (χ3n) is 9.61. The van der Waals surface area contributed by atoms with Gasteiger partial charge in [-0.1, -0.05) is 178 Å².